The first-order valence-electron chi connectivity index (χ1n) is 7.88. The predicted molar refractivity (Wildman–Crippen MR) is 89.3 cm³/mol. The molecule has 1 saturated heterocycles. The second-order valence-electron chi connectivity index (χ2n) is 5.45. The number of rotatable bonds is 5. The van der Waals surface area contributed by atoms with Gasteiger partial charge >= 0.3 is 0 Å². The SMILES string of the molecule is OCCON=C1CCN(c2ncc(-c3ccccc3F)cn2)CC1. The fourth-order valence-corrected chi connectivity index (χ4v) is 2.55. The Labute approximate surface area is 139 Å². The molecule has 1 fully saturated rings. The Balaban J connectivity index is 1.63. The van der Waals surface area contributed by atoms with Crippen LogP contribution in [0.4, 0.5) is 10.3 Å². The molecule has 1 aromatic carbocycles. The van der Waals surface area contributed by atoms with Crippen molar-refractivity contribution in [2.45, 2.75) is 12.8 Å². The van der Waals surface area contributed by atoms with Crippen LogP contribution in [0.2, 0.25) is 0 Å². The molecule has 0 radical (unpaired) electrons. The van der Waals surface area contributed by atoms with Crippen LogP contribution in [0.5, 0.6) is 0 Å². The minimum absolute atomic E-state index is 0.0366. The molecule has 0 spiro atoms. The third-order valence-electron chi connectivity index (χ3n) is 3.82. The second-order valence-corrected chi connectivity index (χ2v) is 5.45. The van der Waals surface area contributed by atoms with Crippen molar-refractivity contribution < 1.29 is 14.3 Å². The summed E-state index contributed by atoms with van der Waals surface area (Å²) < 4.78 is 13.8. The van der Waals surface area contributed by atoms with Crippen molar-refractivity contribution >= 4 is 11.7 Å². The summed E-state index contributed by atoms with van der Waals surface area (Å²) in [5, 5.41) is 12.7. The Hall–Kier alpha value is -2.54. The summed E-state index contributed by atoms with van der Waals surface area (Å²) in [7, 11) is 0. The van der Waals surface area contributed by atoms with Gasteiger partial charge in [-0.2, -0.15) is 0 Å². The molecule has 0 amide bonds. The summed E-state index contributed by atoms with van der Waals surface area (Å²) in [6, 6.07) is 6.58. The highest BCUT2D eigenvalue weighted by atomic mass is 19.1. The normalized spacial score (nSPS) is 14.6. The lowest BCUT2D eigenvalue weighted by molar-refractivity contribution is 0.0976. The molecule has 1 N–H and O–H groups in total. The van der Waals surface area contributed by atoms with Crippen molar-refractivity contribution in [3.05, 3.63) is 42.5 Å². The van der Waals surface area contributed by atoms with E-state index in [1.807, 2.05) is 0 Å². The summed E-state index contributed by atoms with van der Waals surface area (Å²) in [6.45, 7) is 1.68. The number of hydrogen-bond acceptors (Lipinski definition) is 6. The van der Waals surface area contributed by atoms with Gasteiger partial charge in [0.2, 0.25) is 5.95 Å². The molecule has 0 bridgehead atoms. The van der Waals surface area contributed by atoms with Gasteiger partial charge in [0.05, 0.1) is 12.3 Å². The van der Waals surface area contributed by atoms with E-state index in [1.54, 1.807) is 30.6 Å². The van der Waals surface area contributed by atoms with Crippen molar-refractivity contribution in [3.63, 3.8) is 0 Å². The zero-order valence-corrected chi connectivity index (χ0v) is 13.2. The Bertz CT molecular complexity index is 696. The molecule has 2 aromatic rings. The van der Waals surface area contributed by atoms with Crippen molar-refractivity contribution in [2.24, 2.45) is 5.16 Å². The van der Waals surface area contributed by atoms with Gasteiger partial charge in [0.1, 0.15) is 12.4 Å². The van der Waals surface area contributed by atoms with E-state index in [4.69, 9.17) is 9.94 Å². The van der Waals surface area contributed by atoms with Crippen LogP contribution in [0.1, 0.15) is 12.8 Å². The van der Waals surface area contributed by atoms with Crippen LogP contribution in [-0.2, 0) is 4.84 Å². The molecule has 1 aliphatic heterocycles. The maximum absolute atomic E-state index is 13.8. The first kappa shape index (κ1) is 16.3. The molecule has 0 aliphatic carbocycles. The highest BCUT2D eigenvalue weighted by Crippen LogP contribution is 2.22. The van der Waals surface area contributed by atoms with E-state index in [0.717, 1.165) is 31.6 Å². The van der Waals surface area contributed by atoms with E-state index in [-0.39, 0.29) is 19.0 Å². The molecular weight excluding hydrogens is 311 g/mol. The van der Waals surface area contributed by atoms with E-state index >= 15 is 0 Å². The lowest BCUT2D eigenvalue weighted by atomic mass is 10.1. The molecule has 0 atom stereocenters. The lowest BCUT2D eigenvalue weighted by Gasteiger charge is -2.27. The van der Waals surface area contributed by atoms with Crippen molar-refractivity contribution in [1.82, 2.24) is 9.97 Å². The van der Waals surface area contributed by atoms with E-state index in [2.05, 4.69) is 20.0 Å². The van der Waals surface area contributed by atoms with E-state index in [9.17, 15) is 4.39 Å². The van der Waals surface area contributed by atoms with Gasteiger partial charge in [-0.3, -0.25) is 0 Å². The van der Waals surface area contributed by atoms with Gasteiger partial charge in [-0.25, -0.2) is 14.4 Å². The zero-order chi connectivity index (χ0) is 16.8. The van der Waals surface area contributed by atoms with Gasteiger partial charge in [0.25, 0.3) is 0 Å². The Morgan fingerprint density at radius 1 is 1.17 bits per heavy atom. The molecule has 7 heteroatoms. The van der Waals surface area contributed by atoms with Gasteiger partial charge in [0, 0.05) is 49.5 Å². The van der Waals surface area contributed by atoms with Crippen LogP contribution in [-0.4, -0.2) is 47.1 Å². The Kier molecular flexibility index (Phi) is 5.32. The third-order valence-corrected chi connectivity index (χ3v) is 3.82. The van der Waals surface area contributed by atoms with E-state index in [0.29, 0.717) is 17.1 Å². The number of hydrogen-bond donors (Lipinski definition) is 1. The number of oxime groups is 1. The van der Waals surface area contributed by atoms with Crippen LogP contribution in [0, 0.1) is 5.82 Å². The van der Waals surface area contributed by atoms with Crippen LogP contribution >= 0.6 is 0 Å². The van der Waals surface area contributed by atoms with Crippen LogP contribution in [0.15, 0.2) is 41.8 Å². The quantitative estimate of drug-likeness (QED) is 0.672. The fraction of sp³-hybridized carbons (Fsp3) is 0.353. The summed E-state index contributed by atoms with van der Waals surface area (Å²) >= 11 is 0. The highest BCUT2D eigenvalue weighted by Gasteiger charge is 2.18. The Morgan fingerprint density at radius 2 is 1.88 bits per heavy atom. The average Bonchev–Trinajstić information content (AvgIpc) is 2.63. The maximum Gasteiger partial charge on any atom is 0.225 e. The molecule has 6 nitrogen and oxygen atoms in total. The van der Waals surface area contributed by atoms with Crippen LogP contribution < -0.4 is 4.90 Å². The van der Waals surface area contributed by atoms with E-state index < -0.39 is 0 Å². The molecule has 1 aromatic heterocycles. The topological polar surface area (TPSA) is 70.8 Å². The molecule has 24 heavy (non-hydrogen) atoms. The smallest absolute Gasteiger partial charge is 0.225 e. The largest absolute Gasteiger partial charge is 0.393 e. The van der Waals surface area contributed by atoms with Gasteiger partial charge < -0.3 is 14.8 Å². The van der Waals surface area contributed by atoms with Gasteiger partial charge in [-0.05, 0) is 6.07 Å². The number of piperidine rings is 1. The van der Waals surface area contributed by atoms with Gasteiger partial charge in [0.15, 0.2) is 0 Å². The Morgan fingerprint density at radius 3 is 2.54 bits per heavy atom. The average molecular weight is 330 g/mol. The van der Waals surface area contributed by atoms with Crippen LogP contribution in [0.25, 0.3) is 11.1 Å². The van der Waals surface area contributed by atoms with Crippen LogP contribution in [0.3, 0.4) is 0 Å². The number of aliphatic hydroxyl groups is 1. The van der Waals surface area contributed by atoms with Crippen molar-refractivity contribution in [1.29, 1.82) is 0 Å². The van der Waals surface area contributed by atoms with E-state index in [1.165, 1.54) is 6.07 Å². The molecule has 3 rings (SSSR count). The molecule has 1 aliphatic rings. The molecule has 126 valence electrons. The number of aromatic nitrogens is 2. The number of halogens is 1. The third kappa shape index (κ3) is 3.86. The summed E-state index contributed by atoms with van der Waals surface area (Å²) in [6.07, 6.45) is 4.83. The maximum atomic E-state index is 13.8. The second kappa shape index (κ2) is 7.83. The summed E-state index contributed by atoms with van der Waals surface area (Å²) in [5.41, 5.74) is 2.13. The monoisotopic (exact) mass is 330 g/mol. The minimum Gasteiger partial charge on any atom is -0.393 e. The molecule has 0 unspecified atom stereocenters. The first-order valence-corrected chi connectivity index (χ1v) is 7.88. The lowest BCUT2D eigenvalue weighted by Crippen LogP contribution is -2.35. The van der Waals surface area contributed by atoms with Crippen molar-refractivity contribution in [3.8, 4) is 11.1 Å². The highest BCUT2D eigenvalue weighted by molar-refractivity contribution is 5.86. The number of anilines is 1. The molecular formula is C17H19FN4O2. The predicted octanol–water partition coefficient (Wildman–Crippen LogP) is 2.25. The fourth-order valence-electron chi connectivity index (χ4n) is 2.55. The van der Waals surface area contributed by atoms with Crippen molar-refractivity contribution in [2.75, 3.05) is 31.2 Å². The summed E-state index contributed by atoms with van der Waals surface area (Å²) in [4.78, 5) is 15.8. The zero-order valence-electron chi connectivity index (χ0n) is 13.2. The number of nitrogens with zero attached hydrogens (tertiary/aromatic N) is 4. The number of benzene rings is 1. The minimum atomic E-state index is -0.282. The number of aliphatic hydroxyl groups excluding tert-OH is 1. The molecule has 2 heterocycles. The van der Waals surface area contributed by atoms with Gasteiger partial charge in [-0.1, -0.05) is 23.4 Å². The standard InChI is InChI=1S/C17H19FN4O2/c18-16-4-2-1-3-15(16)13-11-19-17(20-12-13)22-7-5-14(6-8-22)21-24-10-9-23/h1-4,11-12,23H,5-10H2. The van der Waals surface area contributed by atoms with Gasteiger partial charge in [-0.15, -0.1) is 0 Å². The summed E-state index contributed by atoms with van der Waals surface area (Å²) in [5.74, 6) is 0.348. The molecule has 0 saturated carbocycles. The first-order chi connectivity index (χ1) is 11.8.